The van der Waals surface area contributed by atoms with Gasteiger partial charge in [0.25, 0.3) is 0 Å². The summed E-state index contributed by atoms with van der Waals surface area (Å²) in [7, 11) is 1.43. The van der Waals surface area contributed by atoms with Gasteiger partial charge in [0, 0.05) is 18.1 Å². The summed E-state index contributed by atoms with van der Waals surface area (Å²) in [4.78, 5) is 10.5. The lowest BCUT2D eigenvalue weighted by molar-refractivity contribution is -0.138. The zero-order chi connectivity index (χ0) is 13.7. The second-order valence-electron chi connectivity index (χ2n) is 4.34. The number of benzene rings is 1. The lowest BCUT2D eigenvalue weighted by Gasteiger charge is -2.16. The van der Waals surface area contributed by atoms with Crippen LogP contribution in [0.4, 0.5) is 4.39 Å². The number of hydrogen-bond acceptors (Lipinski definition) is 3. The van der Waals surface area contributed by atoms with Crippen LogP contribution < -0.4 is 4.74 Å². The van der Waals surface area contributed by atoms with Gasteiger partial charge in [0.2, 0.25) is 0 Å². The highest BCUT2D eigenvalue weighted by Gasteiger charge is 2.18. The maximum atomic E-state index is 13.6. The fourth-order valence-corrected chi connectivity index (χ4v) is 1.79. The molecule has 4 nitrogen and oxygen atoms in total. The molecule has 1 rings (SSSR count). The van der Waals surface area contributed by atoms with Gasteiger partial charge in [0.15, 0.2) is 0 Å². The molecule has 1 aromatic carbocycles. The Morgan fingerprint density at radius 3 is 2.67 bits per heavy atom. The predicted molar refractivity (Wildman–Crippen MR) is 63.9 cm³/mol. The van der Waals surface area contributed by atoms with Crippen molar-refractivity contribution in [2.75, 3.05) is 7.11 Å². The van der Waals surface area contributed by atoms with Crippen molar-refractivity contribution in [3.8, 4) is 5.75 Å². The third kappa shape index (κ3) is 4.00. The number of carboxylic acids is 1. The first-order valence-corrected chi connectivity index (χ1v) is 5.67. The molecule has 0 aromatic heterocycles. The molecule has 0 amide bonds. The summed E-state index contributed by atoms with van der Waals surface area (Å²) in [5.74, 6) is -1.32. The Morgan fingerprint density at radius 1 is 1.50 bits per heavy atom. The Hall–Kier alpha value is -1.62. The molecular formula is C13H17FO4. The van der Waals surface area contributed by atoms with E-state index >= 15 is 0 Å². The fraction of sp³-hybridized carbons (Fsp3) is 0.462. The van der Waals surface area contributed by atoms with Crippen LogP contribution in [0.2, 0.25) is 0 Å². The van der Waals surface area contributed by atoms with E-state index in [1.807, 2.05) is 0 Å². The summed E-state index contributed by atoms with van der Waals surface area (Å²) in [6.45, 7) is 1.71. The maximum Gasteiger partial charge on any atom is 0.303 e. The average Bonchev–Trinajstić information content (AvgIpc) is 2.27. The molecule has 2 N–H and O–H groups in total. The Kier molecular flexibility index (Phi) is 5.09. The van der Waals surface area contributed by atoms with Crippen LogP contribution in [0.3, 0.4) is 0 Å². The molecule has 0 saturated carbocycles. The van der Waals surface area contributed by atoms with Crippen molar-refractivity contribution in [2.24, 2.45) is 5.92 Å². The number of methoxy groups -OCH3 is 1. The lowest BCUT2D eigenvalue weighted by Crippen LogP contribution is -2.10. The summed E-state index contributed by atoms with van der Waals surface area (Å²) in [6.07, 6.45) is -0.852. The topological polar surface area (TPSA) is 66.8 Å². The van der Waals surface area contributed by atoms with E-state index in [2.05, 4.69) is 0 Å². The molecule has 0 radical (unpaired) electrons. The second kappa shape index (κ2) is 6.35. The second-order valence-corrected chi connectivity index (χ2v) is 4.34. The van der Waals surface area contributed by atoms with Crippen molar-refractivity contribution < 1.29 is 24.1 Å². The summed E-state index contributed by atoms with van der Waals surface area (Å²) < 4.78 is 18.5. The molecule has 0 aliphatic rings. The molecule has 2 atom stereocenters. The first-order valence-electron chi connectivity index (χ1n) is 5.67. The molecular weight excluding hydrogens is 239 g/mol. The van der Waals surface area contributed by atoms with Crippen LogP contribution >= 0.6 is 0 Å². The normalized spacial score (nSPS) is 14.0. The number of ether oxygens (including phenoxy) is 1. The van der Waals surface area contributed by atoms with Crippen molar-refractivity contribution in [3.05, 3.63) is 29.6 Å². The van der Waals surface area contributed by atoms with Gasteiger partial charge in [-0.1, -0.05) is 6.92 Å². The van der Waals surface area contributed by atoms with Gasteiger partial charge in [-0.15, -0.1) is 0 Å². The highest BCUT2D eigenvalue weighted by molar-refractivity contribution is 5.66. The highest BCUT2D eigenvalue weighted by atomic mass is 19.1. The van der Waals surface area contributed by atoms with E-state index in [9.17, 15) is 14.3 Å². The van der Waals surface area contributed by atoms with E-state index in [0.717, 1.165) is 0 Å². The van der Waals surface area contributed by atoms with Crippen LogP contribution in [-0.2, 0) is 4.79 Å². The summed E-state index contributed by atoms with van der Waals surface area (Å²) in [6, 6.07) is 4.20. The number of hydrogen-bond donors (Lipinski definition) is 2. The minimum Gasteiger partial charge on any atom is -0.497 e. The minimum atomic E-state index is -1.01. The van der Waals surface area contributed by atoms with E-state index in [1.54, 1.807) is 13.0 Å². The van der Waals surface area contributed by atoms with Gasteiger partial charge in [0.1, 0.15) is 11.6 Å². The first kappa shape index (κ1) is 14.4. The molecule has 5 heteroatoms. The molecule has 0 aliphatic carbocycles. The van der Waals surface area contributed by atoms with Crippen molar-refractivity contribution >= 4 is 5.97 Å². The molecule has 1 aromatic rings. The number of carbonyl (C=O) groups is 1. The molecule has 0 heterocycles. The monoisotopic (exact) mass is 256 g/mol. The van der Waals surface area contributed by atoms with Crippen LogP contribution in [0, 0.1) is 11.7 Å². The molecule has 0 aliphatic heterocycles. The average molecular weight is 256 g/mol. The largest absolute Gasteiger partial charge is 0.497 e. The van der Waals surface area contributed by atoms with Crippen LogP contribution in [0.1, 0.15) is 31.4 Å². The zero-order valence-corrected chi connectivity index (χ0v) is 10.4. The Morgan fingerprint density at radius 2 is 2.17 bits per heavy atom. The van der Waals surface area contributed by atoms with Crippen molar-refractivity contribution in [2.45, 2.75) is 25.9 Å². The Balaban J connectivity index is 2.72. The number of aliphatic hydroxyl groups is 1. The lowest BCUT2D eigenvalue weighted by atomic mass is 9.95. The van der Waals surface area contributed by atoms with E-state index in [-0.39, 0.29) is 24.3 Å². The number of rotatable bonds is 6. The predicted octanol–water partition coefficient (Wildman–Crippen LogP) is 2.37. The van der Waals surface area contributed by atoms with Crippen LogP contribution in [0.25, 0.3) is 0 Å². The van der Waals surface area contributed by atoms with E-state index in [4.69, 9.17) is 9.84 Å². The van der Waals surface area contributed by atoms with Crippen molar-refractivity contribution in [3.63, 3.8) is 0 Å². The SMILES string of the molecule is COc1ccc(C(O)CC(C)CC(=O)O)c(F)c1. The minimum absolute atomic E-state index is 0.0468. The van der Waals surface area contributed by atoms with Gasteiger partial charge < -0.3 is 14.9 Å². The summed E-state index contributed by atoms with van der Waals surface area (Å²) in [5.41, 5.74) is 0.160. The standard InChI is InChI=1S/C13H17FO4/c1-8(6-13(16)17)5-12(15)10-4-3-9(18-2)7-11(10)14/h3-4,7-8,12,15H,5-6H2,1-2H3,(H,16,17). The van der Waals surface area contributed by atoms with Crippen LogP contribution in [0.5, 0.6) is 5.75 Å². The molecule has 0 spiro atoms. The maximum absolute atomic E-state index is 13.6. The quantitative estimate of drug-likeness (QED) is 0.820. The molecule has 18 heavy (non-hydrogen) atoms. The number of halogens is 1. The molecule has 2 unspecified atom stereocenters. The molecule has 100 valence electrons. The number of aliphatic carboxylic acids is 1. The van der Waals surface area contributed by atoms with Crippen LogP contribution in [-0.4, -0.2) is 23.3 Å². The van der Waals surface area contributed by atoms with Crippen LogP contribution in [0.15, 0.2) is 18.2 Å². The summed E-state index contributed by atoms with van der Waals surface area (Å²) >= 11 is 0. The summed E-state index contributed by atoms with van der Waals surface area (Å²) in [5, 5.41) is 18.5. The number of aliphatic hydroxyl groups excluding tert-OH is 1. The van der Waals surface area contributed by atoms with Gasteiger partial charge in [-0.05, 0) is 24.5 Å². The molecule has 0 saturated heterocycles. The fourth-order valence-electron chi connectivity index (χ4n) is 1.79. The highest BCUT2D eigenvalue weighted by Crippen LogP contribution is 2.27. The zero-order valence-electron chi connectivity index (χ0n) is 10.4. The molecule has 0 fully saturated rings. The van der Waals surface area contributed by atoms with Crippen molar-refractivity contribution in [1.29, 1.82) is 0 Å². The first-order chi connectivity index (χ1) is 8.43. The Bertz CT molecular complexity index is 419. The third-order valence-corrected chi connectivity index (χ3v) is 2.72. The number of carboxylic acid groups (broad SMARTS) is 1. The van der Waals surface area contributed by atoms with Gasteiger partial charge in [-0.3, -0.25) is 4.79 Å². The smallest absolute Gasteiger partial charge is 0.303 e. The van der Waals surface area contributed by atoms with E-state index < -0.39 is 17.9 Å². The van der Waals surface area contributed by atoms with E-state index in [0.29, 0.717) is 5.75 Å². The van der Waals surface area contributed by atoms with Crippen molar-refractivity contribution in [1.82, 2.24) is 0 Å². The van der Waals surface area contributed by atoms with E-state index in [1.165, 1.54) is 19.2 Å². The Labute approximate surface area is 105 Å². The van der Waals surface area contributed by atoms with Gasteiger partial charge in [-0.25, -0.2) is 4.39 Å². The van der Waals surface area contributed by atoms with Gasteiger partial charge in [-0.2, -0.15) is 0 Å². The van der Waals surface area contributed by atoms with Gasteiger partial charge >= 0.3 is 5.97 Å². The van der Waals surface area contributed by atoms with Gasteiger partial charge in [0.05, 0.1) is 13.2 Å². The third-order valence-electron chi connectivity index (χ3n) is 2.72. The molecule has 0 bridgehead atoms.